The molecule has 0 amide bonds. The van der Waals surface area contributed by atoms with Crippen LogP contribution in [0.2, 0.25) is 0 Å². The first kappa shape index (κ1) is 12.6. The molecule has 1 fully saturated rings. The molecule has 0 spiro atoms. The van der Waals surface area contributed by atoms with Crippen LogP contribution in [-0.4, -0.2) is 28.1 Å². The van der Waals surface area contributed by atoms with E-state index in [2.05, 4.69) is 26.1 Å². The zero-order valence-corrected chi connectivity index (χ0v) is 10.5. The van der Waals surface area contributed by atoms with Crippen molar-refractivity contribution in [3.8, 4) is 0 Å². The Labute approximate surface area is 105 Å². The number of piperidine rings is 1. The number of nitrogens with zero attached hydrogens (tertiary/aromatic N) is 3. The molecule has 1 saturated heterocycles. The van der Waals surface area contributed by atoms with Crippen molar-refractivity contribution in [3.05, 3.63) is 17.8 Å². The largest absolute Gasteiger partial charge is 0.435 e. The zero-order valence-electron chi connectivity index (χ0n) is 8.91. The van der Waals surface area contributed by atoms with Gasteiger partial charge in [-0.15, -0.1) is 10.2 Å². The zero-order chi connectivity index (χ0) is 12.5. The van der Waals surface area contributed by atoms with Gasteiger partial charge in [0.25, 0.3) is 0 Å². The molecule has 1 atom stereocenters. The Morgan fingerprint density at radius 3 is 2.59 bits per heavy atom. The molecule has 0 radical (unpaired) electrons. The number of hydrogen-bond acceptors (Lipinski definition) is 3. The van der Waals surface area contributed by atoms with Crippen LogP contribution in [-0.2, 0) is 6.18 Å². The monoisotopic (exact) mass is 309 g/mol. The average Bonchev–Trinajstić information content (AvgIpc) is 2.28. The van der Waals surface area contributed by atoms with Crippen molar-refractivity contribution < 1.29 is 13.2 Å². The summed E-state index contributed by atoms with van der Waals surface area (Å²) < 4.78 is 36.9. The fraction of sp³-hybridized carbons (Fsp3) is 0.600. The maximum Gasteiger partial charge on any atom is 0.435 e. The van der Waals surface area contributed by atoms with E-state index in [0.717, 1.165) is 32.0 Å². The summed E-state index contributed by atoms with van der Waals surface area (Å²) in [6.45, 7) is 1.56. The summed E-state index contributed by atoms with van der Waals surface area (Å²) in [5, 5.41) is 6.86. The predicted octanol–water partition coefficient (Wildman–Crippen LogP) is 2.86. The summed E-state index contributed by atoms with van der Waals surface area (Å²) in [4.78, 5) is 2.30. The van der Waals surface area contributed by atoms with Crippen LogP contribution in [0.3, 0.4) is 0 Å². The van der Waals surface area contributed by atoms with E-state index in [1.165, 1.54) is 6.07 Å². The average molecular weight is 310 g/mol. The van der Waals surface area contributed by atoms with Crippen LogP contribution in [0.15, 0.2) is 12.1 Å². The highest BCUT2D eigenvalue weighted by molar-refractivity contribution is 9.09. The molecule has 2 heterocycles. The first-order valence-electron chi connectivity index (χ1n) is 5.27. The molecule has 1 aliphatic heterocycles. The first-order valence-corrected chi connectivity index (χ1v) is 6.18. The van der Waals surface area contributed by atoms with E-state index in [-0.39, 0.29) is 0 Å². The maximum atomic E-state index is 12.3. The summed E-state index contributed by atoms with van der Waals surface area (Å²) in [6.07, 6.45) is -2.35. The topological polar surface area (TPSA) is 29.0 Å². The second-order valence-electron chi connectivity index (χ2n) is 3.96. The van der Waals surface area contributed by atoms with E-state index < -0.39 is 11.9 Å². The first-order chi connectivity index (χ1) is 7.97. The lowest BCUT2D eigenvalue weighted by Crippen LogP contribution is -2.36. The Bertz CT molecular complexity index is 379. The molecule has 1 aromatic heterocycles. The lowest BCUT2D eigenvalue weighted by molar-refractivity contribution is -0.141. The Balaban J connectivity index is 2.12. The van der Waals surface area contributed by atoms with E-state index in [1.807, 2.05) is 4.90 Å². The summed E-state index contributed by atoms with van der Waals surface area (Å²) in [5.74, 6) is 0.502. The third-order valence-electron chi connectivity index (χ3n) is 2.63. The van der Waals surface area contributed by atoms with Crippen molar-refractivity contribution >= 4 is 21.7 Å². The van der Waals surface area contributed by atoms with Crippen LogP contribution in [0.4, 0.5) is 19.0 Å². The normalized spacial score (nSPS) is 21.6. The number of aromatic nitrogens is 2. The highest BCUT2D eigenvalue weighted by Gasteiger charge is 2.33. The van der Waals surface area contributed by atoms with Gasteiger partial charge < -0.3 is 4.90 Å². The lowest BCUT2D eigenvalue weighted by atomic mass is 10.1. The van der Waals surface area contributed by atoms with Gasteiger partial charge in [0, 0.05) is 17.9 Å². The second kappa shape index (κ2) is 4.80. The van der Waals surface area contributed by atoms with Gasteiger partial charge in [-0.2, -0.15) is 13.2 Å². The van der Waals surface area contributed by atoms with Gasteiger partial charge in [-0.1, -0.05) is 15.9 Å². The minimum absolute atomic E-state index is 0.361. The highest BCUT2D eigenvalue weighted by Crippen LogP contribution is 2.28. The van der Waals surface area contributed by atoms with Gasteiger partial charge in [-0.05, 0) is 25.0 Å². The van der Waals surface area contributed by atoms with Crippen molar-refractivity contribution in [2.75, 3.05) is 18.0 Å². The van der Waals surface area contributed by atoms with Gasteiger partial charge in [0.05, 0.1) is 0 Å². The molecule has 1 aromatic rings. The van der Waals surface area contributed by atoms with Crippen LogP contribution in [0, 0.1) is 0 Å². The van der Waals surface area contributed by atoms with Crippen LogP contribution in [0.5, 0.6) is 0 Å². The van der Waals surface area contributed by atoms with Crippen LogP contribution < -0.4 is 4.90 Å². The summed E-state index contributed by atoms with van der Waals surface area (Å²) in [5.41, 5.74) is -0.950. The molecule has 0 aromatic carbocycles. The molecule has 3 nitrogen and oxygen atoms in total. The Kier molecular flexibility index (Phi) is 3.56. The van der Waals surface area contributed by atoms with E-state index in [0.29, 0.717) is 10.6 Å². The minimum Gasteiger partial charge on any atom is -0.354 e. The Hall–Kier alpha value is -0.850. The van der Waals surface area contributed by atoms with Crippen LogP contribution in [0.1, 0.15) is 18.5 Å². The molecule has 1 aliphatic rings. The summed E-state index contributed by atoms with van der Waals surface area (Å²) in [6, 6.07) is 2.35. The number of halogens is 4. The molecule has 0 aliphatic carbocycles. The number of anilines is 1. The van der Waals surface area contributed by atoms with E-state index in [1.54, 1.807) is 0 Å². The molecule has 94 valence electrons. The van der Waals surface area contributed by atoms with Crippen molar-refractivity contribution in [3.63, 3.8) is 0 Å². The van der Waals surface area contributed by atoms with Gasteiger partial charge in [0.2, 0.25) is 0 Å². The summed E-state index contributed by atoms with van der Waals surface area (Å²) in [7, 11) is 0. The summed E-state index contributed by atoms with van der Waals surface area (Å²) >= 11 is 3.50. The minimum atomic E-state index is -4.43. The van der Waals surface area contributed by atoms with Crippen molar-refractivity contribution in [2.45, 2.75) is 23.8 Å². The van der Waals surface area contributed by atoms with Gasteiger partial charge in [-0.3, -0.25) is 0 Å². The van der Waals surface area contributed by atoms with Crippen molar-refractivity contribution in [1.82, 2.24) is 10.2 Å². The SMILES string of the molecule is FC(F)(F)c1ccc(N2CCCC(Br)C2)nn1. The molecule has 0 saturated carbocycles. The van der Waals surface area contributed by atoms with Gasteiger partial charge in [0.15, 0.2) is 11.5 Å². The maximum absolute atomic E-state index is 12.3. The lowest BCUT2D eigenvalue weighted by Gasteiger charge is -2.30. The van der Waals surface area contributed by atoms with E-state index in [4.69, 9.17) is 0 Å². The fourth-order valence-electron chi connectivity index (χ4n) is 1.78. The molecular weight excluding hydrogens is 299 g/mol. The molecule has 1 unspecified atom stereocenters. The quantitative estimate of drug-likeness (QED) is 0.747. The molecule has 7 heteroatoms. The number of alkyl halides is 4. The predicted molar refractivity (Wildman–Crippen MR) is 61.2 cm³/mol. The van der Waals surface area contributed by atoms with Crippen LogP contribution in [0.25, 0.3) is 0 Å². The molecular formula is C10H11BrF3N3. The van der Waals surface area contributed by atoms with Crippen LogP contribution >= 0.6 is 15.9 Å². The smallest absolute Gasteiger partial charge is 0.354 e. The number of hydrogen-bond donors (Lipinski definition) is 0. The third-order valence-corrected chi connectivity index (χ3v) is 3.38. The highest BCUT2D eigenvalue weighted by atomic mass is 79.9. The Morgan fingerprint density at radius 1 is 1.29 bits per heavy atom. The molecule has 0 bridgehead atoms. The fourth-order valence-corrected chi connectivity index (χ4v) is 2.45. The third kappa shape index (κ3) is 3.08. The molecule has 0 N–H and O–H groups in total. The van der Waals surface area contributed by atoms with E-state index >= 15 is 0 Å². The van der Waals surface area contributed by atoms with Crippen molar-refractivity contribution in [2.24, 2.45) is 0 Å². The van der Waals surface area contributed by atoms with Gasteiger partial charge >= 0.3 is 6.18 Å². The number of rotatable bonds is 1. The van der Waals surface area contributed by atoms with Gasteiger partial charge in [-0.25, -0.2) is 0 Å². The molecule has 2 rings (SSSR count). The van der Waals surface area contributed by atoms with E-state index in [9.17, 15) is 13.2 Å². The van der Waals surface area contributed by atoms with Crippen molar-refractivity contribution in [1.29, 1.82) is 0 Å². The second-order valence-corrected chi connectivity index (χ2v) is 5.26. The molecule has 17 heavy (non-hydrogen) atoms. The van der Waals surface area contributed by atoms with Gasteiger partial charge in [0.1, 0.15) is 0 Å². The standard InChI is InChI=1S/C10H11BrF3N3/c11-7-2-1-5-17(6-7)9-4-3-8(15-16-9)10(12,13)14/h3-4,7H,1-2,5-6H2. The Morgan fingerprint density at radius 2 is 2.06 bits per heavy atom.